The van der Waals surface area contributed by atoms with Crippen molar-refractivity contribution in [2.24, 2.45) is 0 Å². The van der Waals surface area contributed by atoms with Crippen molar-refractivity contribution in [3.8, 4) is 0 Å². The number of carbonyl (C=O) groups excluding carboxylic acids is 1. The number of hydrogen-bond acceptors (Lipinski definition) is 1. The molecule has 0 aliphatic rings. The summed E-state index contributed by atoms with van der Waals surface area (Å²) < 4.78 is 0. The average molecular weight is 255 g/mol. The predicted molar refractivity (Wildman–Crippen MR) is 62.9 cm³/mol. The van der Waals surface area contributed by atoms with E-state index in [1.165, 1.54) is 12.0 Å². The lowest BCUT2D eigenvalue weighted by atomic mass is 10.0. The van der Waals surface area contributed by atoms with Gasteiger partial charge in [-0.3, -0.25) is 4.79 Å². The number of carbonyl (C=O) groups is 1. The first-order chi connectivity index (χ1) is 6.76. The van der Waals surface area contributed by atoms with E-state index < -0.39 is 0 Å². The fraction of sp³-hybridized carbons (Fsp3) is 0.417. The summed E-state index contributed by atoms with van der Waals surface area (Å²) in [5, 5.41) is 0.448. The van der Waals surface area contributed by atoms with E-state index in [2.05, 4.69) is 35.0 Å². The summed E-state index contributed by atoms with van der Waals surface area (Å²) in [5.74, 6) is 0.230. The fourth-order valence-corrected chi connectivity index (χ4v) is 1.59. The highest BCUT2D eigenvalue weighted by atomic mass is 79.9. The Morgan fingerprint density at radius 1 is 1.21 bits per heavy atom. The lowest BCUT2D eigenvalue weighted by Crippen LogP contribution is -2.03. The van der Waals surface area contributed by atoms with Gasteiger partial charge in [0, 0.05) is 6.42 Å². The van der Waals surface area contributed by atoms with E-state index in [0.717, 1.165) is 12.0 Å². The Labute approximate surface area is 93.7 Å². The zero-order valence-electron chi connectivity index (χ0n) is 8.42. The molecule has 1 aromatic rings. The number of aryl methyl sites for hydroxylation is 1. The molecule has 0 N–H and O–H groups in total. The van der Waals surface area contributed by atoms with Crippen LogP contribution in [0.3, 0.4) is 0 Å². The molecule has 1 aromatic carbocycles. The summed E-state index contributed by atoms with van der Waals surface area (Å²) in [6, 6.07) is 8.32. The molecular formula is C12H15BrO. The normalized spacial score (nSPS) is 10.1. The van der Waals surface area contributed by atoms with Crippen LogP contribution in [0.15, 0.2) is 24.3 Å². The molecule has 76 valence electrons. The van der Waals surface area contributed by atoms with Gasteiger partial charge in [0.05, 0.1) is 5.33 Å². The molecule has 0 radical (unpaired) electrons. The van der Waals surface area contributed by atoms with Gasteiger partial charge in [-0.1, -0.05) is 53.5 Å². The summed E-state index contributed by atoms with van der Waals surface area (Å²) in [7, 11) is 0. The molecule has 2 heteroatoms. The molecule has 0 aliphatic carbocycles. The van der Waals surface area contributed by atoms with Crippen molar-refractivity contribution >= 4 is 21.7 Å². The van der Waals surface area contributed by atoms with Crippen molar-refractivity contribution in [3.05, 3.63) is 35.4 Å². The Hall–Kier alpha value is -0.630. The second-order valence-corrected chi connectivity index (χ2v) is 3.98. The molecule has 0 saturated heterocycles. The van der Waals surface area contributed by atoms with E-state index in [0.29, 0.717) is 11.8 Å². The molecule has 1 nitrogen and oxygen atoms in total. The molecule has 0 amide bonds. The topological polar surface area (TPSA) is 17.1 Å². The van der Waals surface area contributed by atoms with E-state index in [-0.39, 0.29) is 5.78 Å². The van der Waals surface area contributed by atoms with Crippen molar-refractivity contribution < 1.29 is 4.79 Å². The van der Waals surface area contributed by atoms with Gasteiger partial charge in [-0.2, -0.15) is 0 Å². The van der Waals surface area contributed by atoms with Crippen molar-refractivity contribution in [3.63, 3.8) is 0 Å². The van der Waals surface area contributed by atoms with E-state index in [1.807, 2.05) is 12.1 Å². The Bertz CT molecular complexity index is 290. The van der Waals surface area contributed by atoms with Gasteiger partial charge >= 0.3 is 0 Å². The zero-order chi connectivity index (χ0) is 10.4. The summed E-state index contributed by atoms with van der Waals surface area (Å²) in [6.07, 6.45) is 2.82. The first kappa shape index (κ1) is 11.4. The Kier molecular flexibility index (Phi) is 4.88. The first-order valence-electron chi connectivity index (χ1n) is 4.91. The van der Waals surface area contributed by atoms with E-state index in [9.17, 15) is 4.79 Å². The van der Waals surface area contributed by atoms with Crippen LogP contribution in [0.25, 0.3) is 0 Å². The van der Waals surface area contributed by atoms with Crippen LogP contribution < -0.4 is 0 Å². The van der Waals surface area contributed by atoms with E-state index in [4.69, 9.17) is 0 Å². The lowest BCUT2D eigenvalue weighted by Gasteiger charge is -2.01. The number of benzene rings is 1. The number of Topliss-reactive ketones (excluding diaryl/α,β-unsaturated/α-hetero) is 1. The minimum absolute atomic E-state index is 0.230. The number of halogens is 1. The Morgan fingerprint density at radius 2 is 1.79 bits per heavy atom. The minimum Gasteiger partial charge on any atom is -0.298 e. The smallest absolute Gasteiger partial charge is 0.147 e. The molecule has 0 bridgehead atoms. The van der Waals surface area contributed by atoms with Crippen LogP contribution in [0.5, 0.6) is 0 Å². The SMILES string of the molecule is CCCc1ccc(CC(=O)CBr)cc1. The molecule has 1 rings (SSSR count). The van der Waals surface area contributed by atoms with Crippen molar-refractivity contribution in [1.82, 2.24) is 0 Å². The Morgan fingerprint density at radius 3 is 2.29 bits per heavy atom. The monoisotopic (exact) mass is 254 g/mol. The number of rotatable bonds is 5. The molecule has 0 saturated carbocycles. The maximum atomic E-state index is 11.1. The third-order valence-electron chi connectivity index (χ3n) is 2.11. The van der Waals surface area contributed by atoms with Gasteiger partial charge in [-0.15, -0.1) is 0 Å². The number of alkyl halides is 1. The molecular weight excluding hydrogens is 240 g/mol. The molecule has 0 aromatic heterocycles. The molecule has 0 heterocycles. The van der Waals surface area contributed by atoms with Gasteiger partial charge in [0.25, 0.3) is 0 Å². The van der Waals surface area contributed by atoms with Crippen LogP contribution in [0.4, 0.5) is 0 Å². The van der Waals surface area contributed by atoms with Gasteiger partial charge < -0.3 is 0 Å². The Balaban J connectivity index is 2.59. The standard InChI is InChI=1S/C12H15BrO/c1-2-3-10-4-6-11(7-5-10)8-12(14)9-13/h4-7H,2-3,8-9H2,1H3. The fourth-order valence-electron chi connectivity index (χ4n) is 1.39. The second-order valence-electron chi connectivity index (χ2n) is 3.42. The summed E-state index contributed by atoms with van der Waals surface area (Å²) in [4.78, 5) is 11.1. The molecule has 0 atom stereocenters. The maximum Gasteiger partial charge on any atom is 0.147 e. The molecule has 0 unspecified atom stereocenters. The minimum atomic E-state index is 0.230. The lowest BCUT2D eigenvalue weighted by molar-refractivity contribution is -0.115. The van der Waals surface area contributed by atoms with Crippen molar-refractivity contribution in [2.75, 3.05) is 5.33 Å². The van der Waals surface area contributed by atoms with Crippen LogP contribution in [0, 0.1) is 0 Å². The number of ketones is 1. The van der Waals surface area contributed by atoms with Gasteiger partial charge in [-0.05, 0) is 17.5 Å². The third kappa shape index (κ3) is 3.62. The largest absolute Gasteiger partial charge is 0.298 e. The second kappa shape index (κ2) is 5.97. The highest BCUT2D eigenvalue weighted by Crippen LogP contribution is 2.07. The summed E-state index contributed by atoms with van der Waals surface area (Å²) in [6.45, 7) is 2.17. The van der Waals surface area contributed by atoms with Gasteiger partial charge in [0.1, 0.15) is 5.78 Å². The van der Waals surface area contributed by atoms with Crippen molar-refractivity contribution in [1.29, 1.82) is 0 Å². The number of hydrogen-bond donors (Lipinski definition) is 0. The quantitative estimate of drug-likeness (QED) is 0.739. The van der Waals surface area contributed by atoms with Crippen LogP contribution in [0.2, 0.25) is 0 Å². The maximum absolute atomic E-state index is 11.1. The average Bonchev–Trinajstić information content (AvgIpc) is 2.21. The van der Waals surface area contributed by atoms with Crippen LogP contribution in [-0.2, 0) is 17.6 Å². The highest BCUT2D eigenvalue weighted by molar-refractivity contribution is 9.09. The van der Waals surface area contributed by atoms with Gasteiger partial charge in [0.2, 0.25) is 0 Å². The summed E-state index contributed by atoms with van der Waals surface area (Å²) in [5.41, 5.74) is 2.46. The predicted octanol–water partition coefficient (Wildman–Crippen LogP) is 3.15. The summed E-state index contributed by atoms with van der Waals surface area (Å²) >= 11 is 3.16. The van der Waals surface area contributed by atoms with E-state index >= 15 is 0 Å². The van der Waals surface area contributed by atoms with Crippen molar-refractivity contribution in [2.45, 2.75) is 26.2 Å². The highest BCUT2D eigenvalue weighted by Gasteiger charge is 2.01. The first-order valence-corrected chi connectivity index (χ1v) is 6.04. The molecule has 0 aliphatic heterocycles. The van der Waals surface area contributed by atoms with Gasteiger partial charge in [0.15, 0.2) is 0 Å². The molecule has 14 heavy (non-hydrogen) atoms. The van der Waals surface area contributed by atoms with Gasteiger partial charge in [-0.25, -0.2) is 0 Å². The molecule has 0 spiro atoms. The van der Waals surface area contributed by atoms with Crippen LogP contribution in [0.1, 0.15) is 24.5 Å². The van der Waals surface area contributed by atoms with E-state index in [1.54, 1.807) is 0 Å². The van der Waals surface area contributed by atoms with Crippen LogP contribution >= 0.6 is 15.9 Å². The molecule has 0 fully saturated rings. The zero-order valence-corrected chi connectivity index (χ0v) is 10.0. The van der Waals surface area contributed by atoms with Crippen LogP contribution in [-0.4, -0.2) is 11.1 Å². The third-order valence-corrected chi connectivity index (χ3v) is 2.74.